The SMILES string of the molecule is COc1ccc(CC(=O)N2Cc3ccccc3C(C)C2)cc1OC. The lowest BCUT2D eigenvalue weighted by atomic mass is 9.91. The number of ether oxygens (including phenoxy) is 2. The number of nitrogens with zero attached hydrogens (tertiary/aromatic N) is 1. The molecule has 1 atom stereocenters. The molecule has 1 amide bonds. The molecule has 1 unspecified atom stereocenters. The van der Waals surface area contributed by atoms with Crippen LogP contribution in [-0.4, -0.2) is 31.6 Å². The van der Waals surface area contributed by atoms with Crippen LogP contribution in [0.2, 0.25) is 0 Å². The van der Waals surface area contributed by atoms with Crippen LogP contribution in [0.15, 0.2) is 42.5 Å². The maximum Gasteiger partial charge on any atom is 0.227 e. The first-order valence-corrected chi connectivity index (χ1v) is 8.19. The minimum absolute atomic E-state index is 0.142. The van der Waals surface area contributed by atoms with Crippen molar-refractivity contribution < 1.29 is 14.3 Å². The Hall–Kier alpha value is -2.49. The zero-order valence-electron chi connectivity index (χ0n) is 14.4. The molecule has 0 radical (unpaired) electrons. The lowest BCUT2D eigenvalue weighted by Crippen LogP contribution is -2.38. The summed E-state index contributed by atoms with van der Waals surface area (Å²) in [7, 11) is 3.21. The molecule has 24 heavy (non-hydrogen) atoms. The highest BCUT2D eigenvalue weighted by Gasteiger charge is 2.25. The van der Waals surface area contributed by atoms with Crippen LogP contribution in [-0.2, 0) is 17.8 Å². The smallest absolute Gasteiger partial charge is 0.227 e. The van der Waals surface area contributed by atoms with Crippen molar-refractivity contribution >= 4 is 5.91 Å². The number of carbonyl (C=O) groups excluding carboxylic acids is 1. The highest BCUT2D eigenvalue weighted by molar-refractivity contribution is 5.79. The number of fused-ring (bicyclic) bond motifs is 1. The van der Waals surface area contributed by atoms with E-state index in [2.05, 4.69) is 25.1 Å². The summed E-state index contributed by atoms with van der Waals surface area (Å²) in [5, 5.41) is 0. The lowest BCUT2D eigenvalue weighted by molar-refractivity contribution is -0.131. The summed E-state index contributed by atoms with van der Waals surface area (Å²) >= 11 is 0. The van der Waals surface area contributed by atoms with E-state index in [1.165, 1.54) is 11.1 Å². The molecule has 0 saturated carbocycles. The minimum atomic E-state index is 0.142. The van der Waals surface area contributed by atoms with Crippen LogP contribution < -0.4 is 9.47 Å². The highest BCUT2D eigenvalue weighted by Crippen LogP contribution is 2.30. The summed E-state index contributed by atoms with van der Waals surface area (Å²) in [5.74, 6) is 1.84. The summed E-state index contributed by atoms with van der Waals surface area (Å²) in [6, 6.07) is 14.0. The first kappa shape index (κ1) is 16.4. The van der Waals surface area contributed by atoms with Crippen LogP contribution in [0.3, 0.4) is 0 Å². The standard InChI is InChI=1S/C20H23NO3/c1-14-12-21(13-16-6-4-5-7-17(14)16)20(22)11-15-8-9-18(23-2)19(10-15)24-3/h4-10,14H,11-13H2,1-3H3. The number of hydrogen-bond acceptors (Lipinski definition) is 3. The highest BCUT2D eigenvalue weighted by atomic mass is 16.5. The van der Waals surface area contributed by atoms with Crippen molar-refractivity contribution in [3.05, 3.63) is 59.2 Å². The van der Waals surface area contributed by atoms with E-state index in [-0.39, 0.29) is 5.91 Å². The molecule has 1 heterocycles. The van der Waals surface area contributed by atoms with Gasteiger partial charge in [0.25, 0.3) is 0 Å². The van der Waals surface area contributed by atoms with Gasteiger partial charge < -0.3 is 14.4 Å². The van der Waals surface area contributed by atoms with E-state index in [0.29, 0.717) is 30.4 Å². The second kappa shape index (κ2) is 6.95. The minimum Gasteiger partial charge on any atom is -0.493 e. The molecule has 4 heteroatoms. The Kier molecular flexibility index (Phi) is 4.74. The van der Waals surface area contributed by atoms with Crippen LogP contribution in [0.25, 0.3) is 0 Å². The van der Waals surface area contributed by atoms with Crippen molar-refractivity contribution in [3.63, 3.8) is 0 Å². The van der Waals surface area contributed by atoms with Gasteiger partial charge in [-0.3, -0.25) is 4.79 Å². The lowest BCUT2D eigenvalue weighted by Gasteiger charge is -2.33. The molecule has 1 aliphatic heterocycles. The van der Waals surface area contributed by atoms with Gasteiger partial charge in [0.1, 0.15) is 0 Å². The van der Waals surface area contributed by atoms with Gasteiger partial charge in [0.05, 0.1) is 20.6 Å². The number of rotatable bonds is 4. The maximum atomic E-state index is 12.7. The van der Waals surface area contributed by atoms with Crippen molar-refractivity contribution in [2.45, 2.75) is 25.8 Å². The molecule has 2 aromatic rings. The monoisotopic (exact) mass is 325 g/mol. The number of hydrogen-bond donors (Lipinski definition) is 0. The van der Waals surface area contributed by atoms with Gasteiger partial charge in [-0.2, -0.15) is 0 Å². The normalized spacial score (nSPS) is 16.5. The van der Waals surface area contributed by atoms with E-state index in [1.807, 2.05) is 29.2 Å². The average Bonchev–Trinajstić information content (AvgIpc) is 2.61. The third kappa shape index (κ3) is 3.23. The molecule has 0 aromatic heterocycles. The Bertz CT molecular complexity index is 741. The molecule has 2 aromatic carbocycles. The number of carbonyl (C=O) groups is 1. The number of methoxy groups -OCH3 is 2. The first-order valence-electron chi connectivity index (χ1n) is 8.19. The van der Waals surface area contributed by atoms with Crippen LogP contribution >= 0.6 is 0 Å². The van der Waals surface area contributed by atoms with E-state index in [1.54, 1.807) is 14.2 Å². The van der Waals surface area contributed by atoms with Gasteiger partial charge >= 0.3 is 0 Å². The predicted octanol–water partition coefficient (Wildman–Crippen LogP) is 3.39. The van der Waals surface area contributed by atoms with E-state index in [4.69, 9.17) is 9.47 Å². The van der Waals surface area contributed by atoms with E-state index in [0.717, 1.165) is 12.1 Å². The van der Waals surface area contributed by atoms with Gasteiger partial charge in [-0.15, -0.1) is 0 Å². The molecular weight excluding hydrogens is 302 g/mol. The second-order valence-corrected chi connectivity index (χ2v) is 6.24. The van der Waals surface area contributed by atoms with Crippen LogP contribution in [0.1, 0.15) is 29.5 Å². The Morgan fingerprint density at radius 1 is 1.12 bits per heavy atom. The molecule has 1 aliphatic rings. The zero-order valence-corrected chi connectivity index (χ0v) is 14.4. The maximum absolute atomic E-state index is 12.7. The largest absolute Gasteiger partial charge is 0.493 e. The first-order chi connectivity index (χ1) is 11.6. The summed E-state index contributed by atoms with van der Waals surface area (Å²) in [6.07, 6.45) is 0.370. The fraction of sp³-hybridized carbons (Fsp3) is 0.350. The van der Waals surface area contributed by atoms with Crippen molar-refractivity contribution in [3.8, 4) is 11.5 Å². The summed E-state index contributed by atoms with van der Waals surface area (Å²) in [5.41, 5.74) is 3.54. The van der Waals surface area contributed by atoms with Crippen molar-refractivity contribution in [1.82, 2.24) is 4.90 Å². The van der Waals surface area contributed by atoms with Gasteiger partial charge in [0.15, 0.2) is 11.5 Å². The summed E-state index contributed by atoms with van der Waals surface area (Å²) < 4.78 is 10.6. The summed E-state index contributed by atoms with van der Waals surface area (Å²) in [6.45, 7) is 3.63. The van der Waals surface area contributed by atoms with Gasteiger partial charge in [-0.1, -0.05) is 37.3 Å². The molecule has 4 nitrogen and oxygen atoms in total. The molecule has 0 N–H and O–H groups in total. The predicted molar refractivity (Wildman–Crippen MR) is 93.5 cm³/mol. The third-order valence-corrected chi connectivity index (χ3v) is 4.60. The Morgan fingerprint density at radius 2 is 1.88 bits per heavy atom. The van der Waals surface area contributed by atoms with Gasteiger partial charge in [0, 0.05) is 13.1 Å². The Balaban J connectivity index is 1.74. The molecule has 3 rings (SSSR count). The van der Waals surface area contributed by atoms with Gasteiger partial charge in [-0.25, -0.2) is 0 Å². The quantitative estimate of drug-likeness (QED) is 0.865. The fourth-order valence-corrected chi connectivity index (χ4v) is 3.33. The average molecular weight is 325 g/mol. The molecule has 0 saturated heterocycles. The van der Waals surface area contributed by atoms with Crippen molar-refractivity contribution in [2.24, 2.45) is 0 Å². The molecule has 0 aliphatic carbocycles. The van der Waals surface area contributed by atoms with Crippen LogP contribution in [0, 0.1) is 0 Å². The van der Waals surface area contributed by atoms with E-state index < -0.39 is 0 Å². The number of benzene rings is 2. The zero-order chi connectivity index (χ0) is 17.1. The molecule has 0 spiro atoms. The third-order valence-electron chi connectivity index (χ3n) is 4.60. The topological polar surface area (TPSA) is 38.8 Å². The molecular formula is C20H23NO3. The molecule has 126 valence electrons. The fourth-order valence-electron chi connectivity index (χ4n) is 3.33. The molecule has 0 bridgehead atoms. The van der Waals surface area contributed by atoms with Crippen molar-refractivity contribution in [2.75, 3.05) is 20.8 Å². The Morgan fingerprint density at radius 3 is 2.62 bits per heavy atom. The van der Waals surface area contributed by atoms with Crippen LogP contribution in [0.4, 0.5) is 0 Å². The van der Waals surface area contributed by atoms with E-state index in [9.17, 15) is 4.79 Å². The molecule has 0 fully saturated rings. The van der Waals surface area contributed by atoms with Gasteiger partial charge in [-0.05, 0) is 34.7 Å². The van der Waals surface area contributed by atoms with Gasteiger partial charge in [0.2, 0.25) is 5.91 Å². The van der Waals surface area contributed by atoms with Crippen molar-refractivity contribution in [1.29, 1.82) is 0 Å². The number of amides is 1. The van der Waals surface area contributed by atoms with Crippen LogP contribution in [0.5, 0.6) is 11.5 Å². The summed E-state index contributed by atoms with van der Waals surface area (Å²) in [4.78, 5) is 14.7. The van der Waals surface area contributed by atoms with E-state index >= 15 is 0 Å². The Labute approximate surface area is 143 Å². The second-order valence-electron chi connectivity index (χ2n) is 6.24.